The molecule has 210 valence electrons. The van der Waals surface area contributed by atoms with Crippen molar-refractivity contribution in [1.29, 1.82) is 0 Å². The topological polar surface area (TPSA) is 278 Å². The quantitative estimate of drug-likeness (QED) is 0.136. The molecule has 3 rings (SSSR count). The van der Waals surface area contributed by atoms with E-state index in [-0.39, 0.29) is 22.3 Å². The van der Waals surface area contributed by atoms with Crippen molar-refractivity contribution in [3.63, 3.8) is 0 Å². The minimum atomic E-state index is -4.92. The van der Waals surface area contributed by atoms with Crippen LogP contribution in [0.2, 0.25) is 0 Å². The summed E-state index contributed by atoms with van der Waals surface area (Å²) in [7, 11) is -4.92. The van der Waals surface area contributed by atoms with E-state index in [4.69, 9.17) is 35.2 Å². The van der Waals surface area contributed by atoms with Gasteiger partial charge in [-0.2, -0.15) is 8.42 Å². The van der Waals surface area contributed by atoms with Gasteiger partial charge in [-0.1, -0.05) is 6.07 Å². The van der Waals surface area contributed by atoms with Crippen LogP contribution >= 0.6 is 0 Å². The Morgan fingerprint density at radius 3 is 1.02 bits per heavy atom. The van der Waals surface area contributed by atoms with Crippen molar-refractivity contribution in [2.45, 2.75) is 4.90 Å². The first-order valence-electron chi connectivity index (χ1n) is 11.0. The zero-order chi connectivity index (χ0) is 32.5. The fourth-order valence-electron chi connectivity index (χ4n) is 3.23. The molecule has 0 spiro atoms. The van der Waals surface area contributed by atoms with Gasteiger partial charge in [-0.05, 0) is 12.1 Å². The monoisotopic (exact) mass is 622 g/mol. The Kier molecular flexibility index (Phi) is 13.5. The second-order valence-corrected chi connectivity index (χ2v) is 11.6. The number of carbonyl (C=O) groups is 6. The zero-order valence-electron chi connectivity index (χ0n) is 21.5. The second-order valence-electron chi connectivity index (χ2n) is 8.05. The smallest absolute Gasteiger partial charge is 0.337 e. The predicted octanol–water partition coefficient (Wildman–Crippen LogP) is 0.0833. The number of carboxylic acids is 6. The third-order valence-corrected chi connectivity index (χ3v) is 7.75. The number of rotatable bonds is 7. The maximum Gasteiger partial charge on any atom is 0.337 e. The van der Waals surface area contributed by atoms with E-state index in [2.05, 4.69) is 0 Å². The van der Waals surface area contributed by atoms with Crippen molar-refractivity contribution in [3.05, 3.63) is 88.0 Å². The molecule has 3 aromatic rings. The Balaban J connectivity index is 0.000000318. The van der Waals surface area contributed by atoms with Gasteiger partial charge in [0, 0.05) is 0 Å². The second kappa shape index (κ2) is 15.6. The molecule has 0 radical (unpaired) electrons. The van der Waals surface area contributed by atoms with Crippen LogP contribution in [-0.2, 0) is 10.1 Å². The van der Waals surface area contributed by atoms with Crippen LogP contribution in [-0.4, -0.2) is 135 Å². The van der Waals surface area contributed by atoms with Crippen molar-refractivity contribution in [2.75, 3.05) is 0 Å². The molecule has 0 aliphatic heterocycles. The van der Waals surface area contributed by atoms with Gasteiger partial charge in [0.25, 0.3) is 10.1 Å². The summed E-state index contributed by atoms with van der Waals surface area (Å²) in [5.74, 6) is -7.38. The summed E-state index contributed by atoms with van der Waals surface area (Å²) in [4.78, 5) is 62.4. The maximum absolute atomic E-state index is 10.9. The van der Waals surface area contributed by atoms with E-state index in [0.29, 0.717) is 61.5 Å². The van der Waals surface area contributed by atoms with Crippen molar-refractivity contribution in [1.82, 2.24) is 0 Å². The molecule has 0 fully saturated rings. The normalized spacial score (nSPS) is 10.2. The average Bonchev–Trinajstić information content (AvgIpc) is 2.87. The molecule has 15 nitrogen and oxygen atoms in total. The van der Waals surface area contributed by atoms with Gasteiger partial charge in [-0.15, -0.1) is 0 Å². The summed E-state index contributed by atoms with van der Waals surface area (Å²) in [6.45, 7) is 0. The molecule has 0 aromatic heterocycles. The Hall–Kier alpha value is -3.61. The predicted molar refractivity (Wildman–Crippen MR) is 142 cm³/mol. The van der Waals surface area contributed by atoms with E-state index < -0.39 is 62.0 Å². The summed E-state index contributed by atoms with van der Waals surface area (Å²) in [5.41, 5.74) is -0.928. The molecule has 18 heteroatoms. The SMILES string of the molecule is O=C(O)c1ccc(C(=O)O)[c]([Na])c1.O=C(O)c1ccc(C(=O)O)[c]([Na])c1.O=C(O)c1cccc(C(=O)O)c1S(=O)(=O)O. The first-order valence-corrected chi connectivity index (χ1v) is 14.4. The van der Waals surface area contributed by atoms with E-state index in [1.807, 2.05) is 0 Å². The molecule has 0 saturated carbocycles. The number of aromatic carboxylic acids is 6. The largest absolute Gasteiger partial charge is 0.478 e. The summed E-state index contributed by atoms with van der Waals surface area (Å²) < 4.78 is 31.8. The van der Waals surface area contributed by atoms with Crippen LogP contribution in [0.3, 0.4) is 0 Å². The molecule has 7 N–H and O–H groups in total. The van der Waals surface area contributed by atoms with Gasteiger partial charge >= 0.3 is 196 Å². The molecule has 3 aromatic carbocycles. The summed E-state index contributed by atoms with van der Waals surface area (Å²) in [5, 5.41) is 51.9. The Labute approximate surface area is 270 Å². The van der Waals surface area contributed by atoms with Crippen LogP contribution in [0.25, 0.3) is 0 Å². The van der Waals surface area contributed by atoms with Crippen molar-refractivity contribution in [3.8, 4) is 0 Å². The maximum atomic E-state index is 10.9. The molecule has 42 heavy (non-hydrogen) atoms. The Morgan fingerprint density at radius 2 is 0.810 bits per heavy atom. The van der Waals surface area contributed by atoms with Gasteiger partial charge in [0.1, 0.15) is 4.90 Å². The minimum absolute atomic E-state index is 0.134. The molecule has 0 atom stereocenters. The molecule has 0 aliphatic rings. The Morgan fingerprint density at radius 1 is 0.500 bits per heavy atom. The van der Waals surface area contributed by atoms with Gasteiger partial charge in [-0.3, -0.25) is 4.55 Å². The molecule has 0 bridgehead atoms. The van der Waals surface area contributed by atoms with E-state index in [0.717, 1.165) is 18.2 Å². The Bertz CT molecular complexity index is 1590. The van der Waals surface area contributed by atoms with Crippen LogP contribution in [0, 0.1) is 0 Å². The van der Waals surface area contributed by atoms with E-state index in [1.54, 1.807) is 0 Å². The van der Waals surface area contributed by atoms with Crippen LogP contribution < -0.4 is 5.63 Å². The third-order valence-electron chi connectivity index (χ3n) is 5.14. The van der Waals surface area contributed by atoms with Gasteiger partial charge in [-0.25, -0.2) is 9.59 Å². The minimum Gasteiger partial charge on any atom is -0.478 e. The summed E-state index contributed by atoms with van der Waals surface area (Å²) >= 11 is 1.05. The van der Waals surface area contributed by atoms with Crippen molar-refractivity contribution < 1.29 is 72.4 Å². The molecule has 0 unspecified atom stereocenters. The van der Waals surface area contributed by atoms with Gasteiger partial charge in [0.2, 0.25) is 0 Å². The first-order chi connectivity index (χ1) is 19.3. The molecular formula is C24H16Na2O15S. The average molecular weight is 622 g/mol. The molecule has 0 saturated heterocycles. The number of benzene rings is 3. The number of hydrogen-bond donors (Lipinski definition) is 7. The standard InChI is InChI=1S/C8H6O7S.2C8H5O4.2Na/c9-7(10)4-2-1-3-5(8(11)12)6(4)16(13,14)15;2*9-7(10)5-1-2-6(4-3-5)8(11)12;;/h1-3H,(H,9,10)(H,11,12)(H,13,14,15);2*1-3H,(H,9,10)(H,11,12);;. The zero-order valence-corrected chi connectivity index (χ0v) is 26.3. The van der Waals surface area contributed by atoms with Crippen molar-refractivity contribution >= 4 is 107 Å². The number of hydrogen-bond acceptors (Lipinski definition) is 8. The molecule has 0 heterocycles. The van der Waals surface area contributed by atoms with E-state index in [1.165, 1.54) is 36.4 Å². The number of carboxylic acid groups (broad SMARTS) is 6. The molecule has 0 aliphatic carbocycles. The van der Waals surface area contributed by atoms with Crippen LogP contribution in [0.5, 0.6) is 0 Å². The molecular weight excluding hydrogens is 606 g/mol. The van der Waals surface area contributed by atoms with Crippen molar-refractivity contribution in [2.24, 2.45) is 0 Å². The first kappa shape index (κ1) is 36.4. The van der Waals surface area contributed by atoms with Gasteiger partial charge < -0.3 is 10.2 Å². The van der Waals surface area contributed by atoms with E-state index in [9.17, 15) is 37.2 Å². The fourth-order valence-corrected chi connectivity index (χ4v) is 5.47. The fraction of sp³-hybridized carbons (Fsp3) is 0. The van der Waals surface area contributed by atoms with Crippen LogP contribution in [0.4, 0.5) is 0 Å². The van der Waals surface area contributed by atoms with Gasteiger partial charge in [0.15, 0.2) is 0 Å². The summed E-state index contributed by atoms with van der Waals surface area (Å²) in [6, 6.07) is 10.9. The van der Waals surface area contributed by atoms with Crippen LogP contribution in [0.15, 0.2) is 59.5 Å². The van der Waals surface area contributed by atoms with Crippen LogP contribution in [0.1, 0.15) is 62.1 Å². The molecule has 0 amide bonds. The van der Waals surface area contributed by atoms with E-state index >= 15 is 0 Å². The third kappa shape index (κ3) is 10.3. The summed E-state index contributed by atoms with van der Waals surface area (Å²) in [6.07, 6.45) is 0. The van der Waals surface area contributed by atoms with Gasteiger partial charge in [0.05, 0.1) is 11.1 Å².